The van der Waals surface area contributed by atoms with E-state index in [0.29, 0.717) is 11.6 Å². The van der Waals surface area contributed by atoms with E-state index in [2.05, 4.69) is 10.3 Å². The summed E-state index contributed by atoms with van der Waals surface area (Å²) in [5, 5.41) is 4.16. The second kappa shape index (κ2) is 6.51. The smallest absolute Gasteiger partial charge is 0.235 e. The standard InChI is InChI=1S/C17H18ClN3OS/c1-9-7-10(2)21-17-13(9)14(19)15(23-17)16(22)20-8-11-3-5-12(18)6-4-11/h3-7,14-15H,8,19H2,1-2H3,(H,20,22). The van der Waals surface area contributed by atoms with Gasteiger partial charge in [-0.2, -0.15) is 0 Å². The molecule has 6 heteroatoms. The number of aromatic nitrogens is 1. The van der Waals surface area contributed by atoms with Gasteiger partial charge >= 0.3 is 0 Å². The Labute approximate surface area is 144 Å². The molecule has 0 radical (unpaired) electrons. The molecule has 0 aliphatic carbocycles. The molecule has 1 aliphatic heterocycles. The lowest BCUT2D eigenvalue weighted by Crippen LogP contribution is -2.37. The summed E-state index contributed by atoms with van der Waals surface area (Å²) in [6.45, 7) is 4.43. The molecule has 0 fully saturated rings. The number of nitrogens with zero attached hydrogens (tertiary/aromatic N) is 1. The molecule has 3 rings (SSSR count). The summed E-state index contributed by atoms with van der Waals surface area (Å²) < 4.78 is 0. The van der Waals surface area contributed by atoms with Gasteiger partial charge in [0.05, 0.1) is 6.04 Å². The van der Waals surface area contributed by atoms with Crippen LogP contribution >= 0.6 is 23.4 Å². The van der Waals surface area contributed by atoms with Gasteiger partial charge in [-0.05, 0) is 43.2 Å². The number of hydrogen-bond acceptors (Lipinski definition) is 4. The molecule has 4 nitrogen and oxygen atoms in total. The quantitative estimate of drug-likeness (QED) is 0.895. The number of aryl methyl sites for hydroxylation is 2. The van der Waals surface area contributed by atoms with E-state index in [1.54, 1.807) is 0 Å². The summed E-state index contributed by atoms with van der Waals surface area (Å²) in [5.74, 6) is -0.0625. The normalized spacial score (nSPS) is 19.5. The first-order valence-corrected chi connectivity index (χ1v) is 8.64. The number of fused-ring (bicyclic) bond motifs is 1. The Hall–Kier alpha value is -1.56. The summed E-state index contributed by atoms with van der Waals surface area (Å²) in [4.78, 5) is 17.0. The fraction of sp³-hybridized carbons (Fsp3) is 0.294. The van der Waals surface area contributed by atoms with E-state index in [-0.39, 0.29) is 17.2 Å². The monoisotopic (exact) mass is 347 g/mol. The van der Waals surface area contributed by atoms with Crippen molar-refractivity contribution in [3.05, 3.63) is 57.7 Å². The first-order valence-electron chi connectivity index (χ1n) is 7.38. The van der Waals surface area contributed by atoms with Gasteiger partial charge in [0.15, 0.2) is 0 Å². The van der Waals surface area contributed by atoms with Crippen LogP contribution in [-0.2, 0) is 11.3 Å². The molecule has 0 spiro atoms. The average molecular weight is 348 g/mol. The molecule has 2 heterocycles. The van der Waals surface area contributed by atoms with Crippen molar-refractivity contribution in [2.24, 2.45) is 5.73 Å². The molecule has 0 saturated carbocycles. The number of halogens is 1. The molecule has 23 heavy (non-hydrogen) atoms. The number of thioether (sulfide) groups is 1. The van der Waals surface area contributed by atoms with Gasteiger partial charge in [-0.25, -0.2) is 4.98 Å². The third-order valence-electron chi connectivity index (χ3n) is 3.90. The second-order valence-corrected chi connectivity index (χ2v) is 7.27. The Bertz CT molecular complexity index is 748. The summed E-state index contributed by atoms with van der Waals surface area (Å²) in [6, 6.07) is 9.10. The van der Waals surface area contributed by atoms with Crippen LogP contribution in [0.1, 0.15) is 28.4 Å². The molecule has 0 saturated heterocycles. The van der Waals surface area contributed by atoms with Crippen LogP contribution in [0, 0.1) is 13.8 Å². The van der Waals surface area contributed by atoms with Crippen molar-refractivity contribution < 1.29 is 4.79 Å². The van der Waals surface area contributed by atoms with Crippen LogP contribution in [-0.4, -0.2) is 16.1 Å². The van der Waals surface area contributed by atoms with Crippen LogP contribution < -0.4 is 11.1 Å². The molecule has 120 valence electrons. The Morgan fingerprint density at radius 1 is 1.35 bits per heavy atom. The van der Waals surface area contributed by atoms with Crippen molar-refractivity contribution in [1.82, 2.24) is 10.3 Å². The van der Waals surface area contributed by atoms with Crippen LogP contribution in [0.5, 0.6) is 0 Å². The summed E-state index contributed by atoms with van der Waals surface area (Å²) in [7, 11) is 0. The van der Waals surface area contributed by atoms with Gasteiger partial charge < -0.3 is 11.1 Å². The molecule has 1 aromatic carbocycles. The van der Waals surface area contributed by atoms with Crippen molar-refractivity contribution in [2.45, 2.75) is 36.7 Å². The van der Waals surface area contributed by atoms with E-state index in [1.165, 1.54) is 11.8 Å². The topological polar surface area (TPSA) is 68.0 Å². The van der Waals surface area contributed by atoms with Crippen LogP contribution in [0.25, 0.3) is 0 Å². The number of rotatable bonds is 3. The van der Waals surface area contributed by atoms with Crippen LogP contribution in [0.4, 0.5) is 0 Å². The highest BCUT2D eigenvalue weighted by molar-refractivity contribution is 8.01. The molecule has 2 aromatic rings. The van der Waals surface area contributed by atoms with E-state index < -0.39 is 0 Å². The Morgan fingerprint density at radius 2 is 2.04 bits per heavy atom. The first kappa shape index (κ1) is 16.3. The Morgan fingerprint density at radius 3 is 2.74 bits per heavy atom. The van der Waals surface area contributed by atoms with Crippen molar-refractivity contribution >= 4 is 29.3 Å². The van der Waals surface area contributed by atoms with E-state index >= 15 is 0 Å². The number of nitrogens with two attached hydrogens (primary N) is 1. The van der Waals surface area contributed by atoms with Gasteiger partial charge in [0.2, 0.25) is 5.91 Å². The zero-order chi connectivity index (χ0) is 16.6. The van der Waals surface area contributed by atoms with Crippen molar-refractivity contribution in [3.63, 3.8) is 0 Å². The fourth-order valence-corrected chi connectivity index (χ4v) is 4.22. The van der Waals surface area contributed by atoms with E-state index in [0.717, 1.165) is 27.4 Å². The third-order valence-corrected chi connectivity index (χ3v) is 5.44. The highest BCUT2D eigenvalue weighted by atomic mass is 35.5. The van der Waals surface area contributed by atoms with Gasteiger partial charge in [-0.15, -0.1) is 0 Å². The van der Waals surface area contributed by atoms with Gasteiger partial charge in [-0.3, -0.25) is 4.79 Å². The van der Waals surface area contributed by atoms with Crippen molar-refractivity contribution in [1.29, 1.82) is 0 Å². The number of amides is 1. The lowest BCUT2D eigenvalue weighted by atomic mass is 10.0. The van der Waals surface area contributed by atoms with Gasteiger partial charge in [0.25, 0.3) is 0 Å². The molecule has 1 aliphatic rings. The zero-order valence-corrected chi connectivity index (χ0v) is 14.5. The molecule has 2 atom stereocenters. The lowest BCUT2D eigenvalue weighted by molar-refractivity contribution is -0.121. The highest BCUT2D eigenvalue weighted by Gasteiger charge is 2.37. The number of carbonyl (C=O) groups is 1. The minimum Gasteiger partial charge on any atom is -0.351 e. The molecule has 1 amide bonds. The maximum atomic E-state index is 12.5. The number of nitrogens with one attached hydrogen (secondary N) is 1. The zero-order valence-electron chi connectivity index (χ0n) is 13.0. The number of benzene rings is 1. The number of carbonyl (C=O) groups excluding carboxylic acids is 1. The SMILES string of the molecule is Cc1cc(C)c2c(n1)SC(C(=O)NCc1ccc(Cl)cc1)C2N. The molecule has 1 aromatic heterocycles. The number of pyridine rings is 1. The first-order chi connectivity index (χ1) is 11.0. The number of hydrogen-bond donors (Lipinski definition) is 2. The summed E-state index contributed by atoms with van der Waals surface area (Å²) in [6.07, 6.45) is 0. The maximum Gasteiger partial charge on any atom is 0.235 e. The summed E-state index contributed by atoms with van der Waals surface area (Å²) >= 11 is 7.31. The van der Waals surface area contributed by atoms with E-state index in [1.807, 2.05) is 44.2 Å². The Balaban J connectivity index is 1.69. The largest absolute Gasteiger partial charge is 0.351 e. The minimum atomic E-state index is -0.342. The second-order valence-electron chi connectivity index (χ2n) is 5.71. The van der Waals surface area contributed by atoms with Crippen molar-refractivity contribution in [3.8, 4) is 0 Å². The lowest BCUT2D eigenvalue weighted by Gasteiger charge is -2.15. The predicted octanol–water partition coefficient (Wildman–Crippen LogP) is 3.14. The Kier molecular flexibility index (Phi) is 4.62. The fourth-order valence-electron chi connectivity index (χ4n) is 2.76. The van der Waals surface area contributed by atoms with Crippen molar-refractivity contribution in [2.75, 3.05) is 0 Å². The molecule has 2 unspecified atom stereocenters. The molecular weight excluding hydrogens is 330 g/mol. The maximum absolute atomic E-state index is 12.5. The molecule has 3 N–H and O–H groups in total. The van der Waals surface area contributed by atoms with Gasteiger partial charge in [-0.1, -0.05) is 35.5 Å². The van der Waals surface area contributed by atoms with Crippen LogP contribution in [0.3, 0.4) is 0 Å². The van der Waals surface area contributed by atoms with Gasteiger partial charge in [0, 0.05) is 22.8 Å². The third kappa shape index (κ3) is 3.37. The van der Waals surface area contributed by atoms with Crippen LogP contribution in [0.15, 0.2) is 35.4 Å². The highest BCUT2D eigenvalue weighted by Crippen LogP contribution is 2.43. The van der Waals surface area contributed by atoms with E-state index in [9.17, 15) is 4.79 Å². The van der Waals surface area contributed by atoms with Gasteiger partial charge in [0.1, 0.15) is 10.3 Å². The summed E-state index contributed by atoms with van der Waals surface area (Å²) in [5.41, 5.74) is 10.3. The average Bonchev–Trinajstić information content (AvgIpc) is 2.83. The predicted molar refractivity (Wildman–Crippen MR) is 93.6 cm³/mol. The molecule has 0 bridgehead atoms. The molecular formula is C17H18ClN3OS. The van der Waals surface area contributed by atoms with E-state index in [4.69, 9.17) is 17.3 Å². The van der Waals surface area contributed by atoms with Crippen LogP contribution in [0.2, 0.25) is 5.02 Å². The minimum absolute atomic E-state index is 0.0625.